The predicted molar refractivity (Wildman–Crippen MR) is 66.2 cm³/mol. The van der Waals surface area contributed by atoms with Crippen LogP contribution in [0, 0.1) is 5.41 Å². The lowest BCUT2D eigenvalue weighted by Gasteiger charge is -2.28. The average molecular weight is 222 g/mol. The van der Waals surface area contributed by atoms with Gasteiger partial charge in [0.1, 0.15) is 0 Å². The van der Waals surface area contributed by atoms with Crippen LogP contribution >= 0.6 is 0 Å². The van der Waals surface area contributed by atoms with Crippen molar-refractivity contribution in [1.82, 2.24) is 0 Å². The van der Waals surface area contributed by atoms with Gasteiger partial charge in [-0.2, -0.15) is 0 Å². The Morgan fingerprint density at radius 3 is 2.25 bits per heavy atom. The maximum absolute atomic E-state index is 9.39. The van der Waals surface area contributed by atoms with Crippen LogP contribution in [0.3, 0.4) is 0 Å². The SMILES string of the molecule is CCC(CC)(CO)COCc1ccccc1. The van der Waals surface area contributed by atoms with E-state index in [1.165, 1.54) is 5.56 Å². The van der Waals surface area contributed by atoms with Crippen molar-refractivity contribution in [2.45, 2.75) is 33.3 Å². The number of benzene rings is 1. The molecule has 0 fully saturated rings. The number of aliphatic hydroxyl groups excluding tert-OH is 1. The van der Waals surface area contributed by atoms with E-state index in [1.807, 2.05) is 18.2 Å². The number of hydrogen-bond donors (Lipinski definition) is 1. The number of ether oxygens (including phenoxy) is 1. The quantitative estimate of drug-likeness (QED) is 0.768. The molecule has 0 aliphatic heterocycles. The van der Waals surface area contributed by atoms with Crippen LogP contribution in [0.2, 0.25) is 0 Å². The summed E-state index contributed by atoms with van der Waals surface area (Å²) in [7, 11) is 0. The summed E-state index contributed by atoms with van der Waals surface area (Å²) >= 11 is 0. The molecular formula is C14H22O2. The van der Waals surface area contributed by atoms with Crippen LogP contribution in [0.15, 0.2) is 30.3 Å². The molecule has 2 nitrogen and oxygen atoms in total. The van der Waals surface area contributed by atoms with E-state index in [-0.39, 0.29) is 12.0 Å². The molecule has 0 unspecified atom stereocenters. The molecular weight excluding hydrogens is 200 g/mol. The Balaban J connectivity index is 2.39. The van der Waals surface area contributed by atoms with E-state index in [0.717, 1.165) is 12.8 Å². The van der Waals surface area contributed by atoms with Crippen LogP contribution in [0.5, 0.6) is 0 Å². The minimum Gasteiger partial charge on any atom is -0.396 e. The molecule has 0 heterocycles. The molecule has 0 aliphatic rings. The van der Waals surface area contributed by atoms with Crippen molar-refractivity contribution in [3.63, 3.8) is 0 Å². The van der Waals surface area contributed by atoms with E-state index in [1.54, 1.807) is 0 Å². The molecule has 90 valence electrons. The zero-order valence-electron chi connectivity index (χ0n) is 10.3. The van der Waals surface area contributed by atoms with Crippen molar-refractivity contribution >= 4 is 0 Å². The lowest BCUT2D eigenvalue weighted by Crippen LogP contribution is -2.29. The fourth-order valence-corrected chi connectivity index (χ4v) is 1.68. The molecule has 2 heteroatoms. The summed E-state index contributed by atoms with van der Waals surface area (Å²) in [5.74, 6) is 0. The van der Waals surface area contributed by atoms with Gasteiger partial charge < -0.3 is 9.84 Å². The van der Waals surface area contributed by atoms with E-state index >= 15 is 0 Å². The van der Waals surface area contributed by atoms with Gasteiger partial charge in [0.2, 0.25) is 0 Å². The summed E-state index contributed by atoms with van der Waals surface area (Å²) < 4.78 is 5.70. The van der Waals surface area contributed by atoms with Gasteiger partial charge in [-0.05, 0) is 18.4 Å². The zero-order chi connectivity index (χ0) is 11.9. The Hall–Kier alpha value is -0.860. The third kappa shape index (κ3) is 3.62. The first-order valence-electron chi connectivity index (χ1n) is 5.99. The summed E-state index contributed by atoms with van der Waals surface area (Å²) in [4.78, 5) is 0. The molecule has 0 saturated carbocycles. The summed E-state index contributed by atoms with van der Waals surface area (Å²) in [6.45, 7) is 5.67. The molecule has 1 aromatic carbocycles. The van der Waals surface area contributed by atoms with Crippen LogP contribution < -0.4 is 0 Å². The first-order chi connectivity index (χ1) is 7.76. The molecule has 0 aliphatic carbocycles. The van der Waals surface area contributed by atoms with Crippen molar-refractivity contribution in [2.24, 2.45) is 5.41 Å². The summed E-state index contributed by atoms with van der Waals surface area (Å²) in [5.41, 5.74) is 1.12. The van der Waals surface area contributed by atoms with Crippen molar-refractivity contribution in [2.75, 3.05) is 13.2 Å². The monoisotopic (exact) mass is 222 g/mol. The minimum absolute atomic E-state index is 0.0607. The van der Waals surface area contributed by atoms with Crippen molar-refractivity contribution < 1.29 is 9.84 Å². The van der Waals surface area contributed by atoms with Gasteiger partial charge in [-0.1, -0.05) is 44.2 Å². The van der Waals surface area contributed by atoms with E-state index in [9.17, 15) is 5.11 Å². The second-order valence-corrected chi connectivity index (χ2v) is 4.34. The molecule has 0 atom stereocenters. The Morgan fingerprint density at radius 1 is 1.12 bits per heavy atom. The molecule has 0 saturated heterocycles. The first kappa shape index (κ1) is 13.2. The molecule has 16 heavy (non-hydrogen) atoms. The zero-order valence-corrected chi connectivity index (χ0v) is 10.3. The van der Waals surface area contributed by atoms with Crippen LogP contribution in [0.4, 0.5) is 0 Å². The summed E-state index contributed by atoms with van der Waals surface area (Å²) in [6, 6.07) is 10.1. The van der Waals surface area contributed by atoms with Crippen LogP contribution in [-0.2, 0) is 11.3 Å². The highest BCUT2D eigenvalue weighted by molar-refractivity contribution is 5.13. The highest BCUT2D eigenvalue weighted by atomic mass is 16.5. The lowest BCUT2D eigenvalue weighted by atomic mass is 9.84. The van der Waals surface area contributed by atoms with Gasteiger partial charge in [0.25, 0.3) is 0 Å². The standard InChI is InChI=1S/C14H22O2/c1-3-14(4-2,11-15)12-16-10-13-8-6-5-7-9-13/h5-9,15H,3-4,10-12H2,1-2H3. The average Bonchev–Trinajstić information content (AvgIpc) is 2.37. The summed E-state index contributed by atoms with van der Waals surface area (Å²) in [5, 5.41) is 9.39. The van der Waals surface area contributed by atoms with E-state index in [2.05, 4.69) is 26.0 Å². The molecule has 0 aromatic heterocycles. The summed E-state index contributed by atoms with van der Waals surface area (Å²) in [6.07, 6.45) is 1.91. The van der Waals surface area contributed by atoms with Gasteiger partial charge in [0.15, 0.2) is 0 Å². The highest BCUT2D eigenvalue weighted by Crippen LogP contribution is 2.26. The molecule has 0 amide bonds. The lowest BCUT2D eigenvalue weighted by molar-refractivity contribution is -0.00599. The Morgan fingerprint density at radius 2 is 1.75 bits per heavy atom. The van der Waals surface area contributed by atoms with Gasteiger partial charge in [0, 0.05) is 5.41 Å². The Bertz CT molecular complexity index is 270. The van der Waals surface area contributed by atoms with E-state index in [4.69, 9.17) is 4.74 Å². The maximum atomic E-state index is 9.39. The largest absolute Gasteiger partial charge is 0.396 e. The third-order valence-electron chi connectivity index (χ3n) is 3.36. The van der Waals surface area contributed by atoms with Crippen molar-refractivity contribution in [1.29, 1.82) is 0 Å². The van der Waals surface area contributed by atoms with Gasteiger partial charge in [0.05, 0.1) is 19.8 Å². The Labute approximate surface area is 98.3 Å². The van der Waals surface area contributed by atoms with E-state index in [0.29, 0.717) is 13.2 Å². The van der Waals surface area contributed by atoms with Gasteiger partial charge >= 0.3 is 0 Å². The molecule has 0 spiro atoms. The van der Waals surface area contributed by atoms with Gasteiger partial charge in [-0.25, -0.2) is 0 Å². The van der Waals surface area contributed by atoms with Crippen molar-refractivity contribution in [3.05, 3.63) is 35.9 Å². The third-order valence-corrected chi connectivity index (χ3v) is 3.36. The second-order valence-electron chi connectivity index (χ2n) is 4.34. The van der Waals surface area contributed by atoms with E-state index < -0.39 is 0 Å². The molecule has 1 N–H and O–H groups in total. The molecule has 1 aromatic rings. The topological polar surface area (TPSA) is 29.5 Å². The van der Waals surface area contributed by atoms with Gasteiger partial charge in [-0.3, -0.25) is 0 Å². The van der Waals surface area contributed by atoms with Crippen LogP contribution in [0.1, 0.15) is 32.3 Å². The fraction of sp³-hybridized carbons (Fsp3) is 0.571. The Kier molecular flexibility index (Phi) is 5.50. The van der Waals surface area contributed by atoms with Crippen LogP contribution in [-0.4, -0.2) is 18.3 Å². The molecule has 0 bridgehead atoms. The first-order valence-corrected chi connectivity index (χ1v) is 5.99. The van der Waals surface area contributed by atoms with Gasteiger partial charge in [-0.15, -0.1) is 0 Å². The number of hydrogen-bond acceptors (Lipinski definition) is 2. The predicted octanol–water partition coefficient (Wildman–Crippen LogP) is 3.00. The van der Waals surface area contributed by atoms with Crippen molar-refractivity contribution in [3.8, 4) is 0 Å². The van der Waals surface area contributed by atoms with Crippen LogP contribution in [0.25, 0.3) is 0 Å². The smallest absolute Gasteiger partial charge is 0.0717 e. The maximum Gasteiger partial charge on any atom is 0.0717 e. The highest BCUT2D eigenvalue weighted by Gasteiger charge is 2.25. The second kappa shape index (κ2) is 6.66. The number of aliphatic hydroxyl groups is 1. The molecule has 0 radical (unpaired) electrons. The normalized spacial score (nSPS) is 11.7. The fourth-order valence-electron chi connectivity index (χ4n) is 1.68. The molecule has 1 rings (SSSR count). The number of rotatable bonds is 7. The minimum atomic E-state index is -0.0607.